The monoisotopic (exact) mass is 304 g/mol. The van der Waals surface area contributed by atoms with E-state index in [1.807, 2.05) is 0 Å². The maximum absolute atomic E-state index is 12.4. The third-order valence-electron chi connectivity index (χ3n) is 3.46. The quantitative estimate of drug-likeness (QED) is 0.929. The van der Waals surface area contributed by atoms with E-state index < -0.39 is 30.5 Å². The van der Waals surface area contributed by atoms with Crippen LogP contribution in [0.25, 0.3) is 0 Å². The van der Waals surface area contributed by atoms with E-state index in [-0.39, 0.29) is 12.2 Å². The van der Waals surface area contributed by atoms with Crippen LogP contribution < -0.4 is 0 Å². The highest BCUT2D eigenvalue weighted by Crippen LogP contribution is 2.22. The molecule has 0 aromatic carbocycles. The first-order valence-corrected chi connectivity index (χ1v) is 6.52. The number of piperidine rings is 1. The summed E-state index contributed by atoms with van der Waals surface area (Å²) in [6, 6.07) is 2.69. The van der Waals surface area contributed by atoms with Crippen LogP contribution in [0.1, 0.15) is 23.3 Å². The van der Waals surface area contributed by atoms with Crippen molar-refractivity contribution in [2.75, 3.05) is 13.1 Å². The van der Waals surface area contributed by atoms with Crippen LogP contribution in [0.15, 0.2) is 18.3 Å². The summed E-state index contributed by atoms with van der Waals surface area (Å²) in [6.07, 6.45) is -2.22. The molecule has 1 aliphatic heterocycles. The minimum absolute atomic E-state index is 0.0331. The van der Waals surface area contributed by atoms with E-state index in [4.69, 9.17) is 5.11 Å². The summed E-state index contributed by atoms with van der Waals surface area (Å²) in [5.41, 5.74) is -0.0710. The highest BCUT2D eigenvalue weighted by molar-refractivity contribution is 5.93. The van der Waals surface area contributed by atoms with E-state index in [0.29, 0.717) is 19.4 Å². The Morgan fingerprint density at radius 2 is 2.10 bits per heavy atom. The van der Waals surface area contributed by atoms with Crippen molar-refractivity contribution >= 4 is 11.9 Å². The molecule has 8 heteroatoms. The van der Waals surface area contributed by atoms with Gasteiger partial charge >= 0.3 is 12.1 Å². The lowest BCUT2D eigenvalue weighted by atomic mass is 9.98. The number of hydrogen-bond acceptors (Lipinski definition) is 2. The summed E-state index contributed by atoms with van der Waals surface area (Å²) in [5.74, 6) is -2.21. The topological polar surface area (TPSA) is 62.5 Å². The van der Waals surface area contributed by atoms with Gasteiger partial charge in [-0.2, -0.15) is 13.2 Å². The van der Waals surface area contributed by atoms with Crippen LogP contribution in [0.2, 0.25) is 0 Å². The predicted octanol–water partition coefficient (Wildman–Crippen LogP) is 1.99. The lowest BCUT2D eigenvalue weighted by Crippen LogP contribution is -2.43. The number of alkyl halides is 3. The maximum atomic E-state index is 12.4. The molecule has 1 saturated heterocycles. The molecule has 0 aliphatic carbocycles. The Morgan fingerprint density at radius 1 is 1.38 bits per heavy atom. The van der Waals surface area contributed by atoms with E-state index in [1.165, 1.54) is 23.2 Å². The number of amides is 1. The van der Waals surface area contributed by atoms with Crippen LogP contribution in [0.5, 0.6) is 0 Å². The van der Waals surface area contributed by atoms with Crippen LogP contribution in [-0.2, 0) is 11.3 Å². The second-order valence-corrected chi connectivity index (χ2v) is 5.07. The number of carbonyl (C=O) groups is 2. The summed E-state index contributed by atoms with van der Waals surface area (Å²) >= 11 is 0. The van der Waals surface area contributed by atoms with Crippen molar-refractivity contribution in [3.63, 3.8) is 0 Å². The molecule has 1 N–H and O–H groups in total. The van der Waals surface area contributed by atoms with Gasteiger partial charge in [0.2, 0.25) is 0 Å². The average Bonchev–Trinajstić information content (AvgIpc) is 2.83. The highest BCUT2D eigenvalue weighted by Gasteiger charge is 2.32. The first-order valence-electron chi connectivity index (χ1n) is 6.52. The Kier molecular flexibility index (Phi) is 4.24. The van der Waals surface area contributed by atoms with E-state index >= 15 is 0 Å². The predicted molar refractivity (Wildman–Crippen MR) is 66.8 cm³/mol. The third kappa shape index (κ3) is 3.77. The molecule has 0 unspecified atom stereocenters. The number of carboxylic acid groups (broad SMARTS) is 1. The second-order valence-electron chi connectivity index (χ2n) is 5.07. The zero-order valence-electron chi connectivity index (χ0n) is 11.1. The number of likely N-dealkylation sites (tertiary alicyclic amines) is 1. The Labute approximate surface area is 119 Å². The van der Waals surface area contributed by atoms with Gasteiger partial charge in [-0.1, -0.05) is 0 Å². The van der Waals surface area contributed by atoms with Crippen LogP contribution >= 0.6 is 0 Å². The summed E-state index contributed by atoms with van der Waals surface area (Å²) in [4.78, 5) is 24.6. The molecule has 1 aliphatic rings. The number of rotatable bonds is 3. The van der Waals surface area contributed by atoms with E-state index in [1.54, 1.807) is 0 Å². The molecule has 1 aromatic rings. The number of nitrogens with zero attached hydrogens (tertiary/aromatic N) is 2. The lowest BCUT2D eigenvalue weighted by Gasteiger charge is -2.31. The SMILES string of the molecule is O=C(O)[C@H]1CCCN(C(=O)c2cccn2CC(F)(F)F)C1. The lowest BCUT2D eigenvalue weighted by molar-refractivity contribution is -0.143. The van der Waals surface area contributed by atoms with E-state index in [2.05, 4.69) is 0 Å². The Balaban J connectivity index is 2.13. The molecular formula is C13H15F3N2O3. The van der Waals surface area contributed by atoms with Crippen molar-refractivity contribution in [1.29, 1.82) is 0 Å². The number of aromatic nitrogens is 1. The van der Waals surface area contributed by atoms with Gasteiger partial charge in [0.15, 0.2) is 0 Å². The Hall–Kier alpha value is -1.99. The van der Waals surface area contributed by atoms with Crippen molar-refractivity contribution < 1.29 is 27.9 Å². The zero-order chi connectivity index (χ0) is 15.6. The van der Waals surface area contributed by atoms with Gasteiger partial charge in [0, 0.05) is 19.3 Å². The van der Waals surface area contributed by atoms with Gasteiger partial charge in [0.25, 0.3) is 5.91 Å². The number of aliphatic carboxylic acids is 1. The van der Waals surface area contributed by atoms with Gasteiger partial charge in [-0.25, -0.2) is 0 Å². The summed E-state index contributed by atoms with van der Waals surface area (Å²) in [7, 11) is 0. The number of halogens is 3. The normalized spacial score (nSPS) is 19.6. The summed E-state index contributed by atoms with van der Waals surface area (Å²) in [5, 5.41) is 8.98. The molecule has 0 bridgehead atoms. The maximum Gasteiger partial charge on any atom is 0.406 e. The molecule has 0 saturated carbocycles. The largest absolute Gasteiger partial charge is 0.481 e. The molecular weight excluding hydrogens is 289 g/mol. The average molecular weight is 304 g/mol. The smallest absolute Gasteiger partial charge is 0.406 e. The van der Waals surface area contributed by atoms with E-state index in [9.17, 15) is 22.8 Å². The van der Waals surface area contributed by atoms with Gasteiger partial charge in [-0.3, -0.25) is 9.59 Å². The fourth-order valence-corrected chi connectivity index (χ4v) is 2.46. The van der Waals surface area contributed by atoms with Gasteiger partial charge in [0.1, 0.15) is 12.2 Å². The molecule has 1 fully saturated rings. The molecule has 2 rings (SSSR count). The summed E-state index contributed by atoms with van der Waals surface area (Å²) in [6.45, 7) is -0.845. The van der Waals surface area contributed by atoms with Crippen molar-refractivity contribution in [2.45, 2.75) is 25.6 Å². The second kappa shape index (κ2) is 5.79. The molecule has 116 valence electrons. The zero-order valence-corrected chi connectivity index (χ0v) is 11.1. The van der Waals surface area contributed by atoms with Crippen LogP contribution in [0.3, 0.4) is 0 Å². The molecule has 5 nitrogen and oxygen atoms in total. The van der Waals surface area contributed by atoms with Gasteiger partial charge in [0.05, 0.1) is 5.92 Å². The van der Waals surface area contributed by atoms with Gasteiger partial charge in [-0.05, 0) is 25.0 Å². The van der Waals surface area contributed by atoms with E-state index in [0.717, 1.165) is 4.57 Å². The van der Waals surface area contributed by atoms with Gasteiger partial charge < -0.3 is 14.6 Å². The number of carbonyl (C=O) groups excluding carboxylic acids is 1. The van der Waals surface area contributed by atoms with Crippen molar-refractivity contribution in [3.8, 4) is 0 Å². The standard InChI is InChI=1S/C13H15F3N2O3/c14-13(15,16)8-18-6-2-4-10(18)11(19)17-5-1-3-9(7-17)12(20)21/h2,4,6,9H,1,3,5,7-8H2,(H,20,21)/t9-/m0/s1. The molecule has 0 spiro atoms. The molecule has 1 atom stereocenters. The molecule has 1 aromatic heterocycles. The van der Waals surface area contributed by atoms with Crippen molar-refractivity contribution in [3.05, 3.63) is 24.0 Å². The summed E-state index contributed by atoms with van der Waals surface area (Å²) < 4.78 is 38.2. The first-order chi connectivity index (χ1) is 9.78. The highest BCUT2D eigenvalue weighted by atomic mass is 19.4. The Bertz CT molecular complexity index is 539. The first kappa shape index (κ1) is 15.4. The van der Waals surface area contributed by atoms with Crippen LogP contribution in [-0.4, -0.2) is 45.7 Å². The minimum atomic E-state index is -4.42. The molecule has 1 amide bonds. The molecule has 0 radical (unpaired) electrons. The van der Waals surface area contributed by atoms with Crippen LogP contribution in [0.4, 0.5) is 13.2 Å². The fourth-order valence-electron chi connectivity index (χ4n) is 2.46. The Morgan fingerprint density at radius 3 is 2.71 bits per heavy atom. The number of hydrogen-bond donors (Lipinski definition) is 1. The number of carboxylic acids is 1. The third-order valence-corrected chi connectivity index (χ3v) is 3.46. The molecule has 21 heavy (non-hydrogen) atoms. The fraction of sp³-hybridized carbons (Fsp3) is 0.538. The minimum Gasteiger partial charge on any atom is -0.481 e. The van der Waals surface area contributed by atoms with Gasteiger partial charge in [-0.15, -0.1) is 0 Å². The molecule has 2 heterocycles. The van der Waals surface area contributed by atoms with Crippen LogP contribution in [0, 0.1) is 5.92 Å². The van der Waals surface area contributed by atoms with Crippen molar-refractivity contribution in [2.24, 2.45) is 5.92 Å². The van der Waals surface area contributed by atoms with Crippen molar-refractivity contribution in [1.82, 2.24) is 9.47 Å².